The first-order valence-electron chi connectivity index (χ1n) is 6.64. The van der Waals surface area contributed by atoms with Crippen molar-refractivity contribution in [2.45, 2.75) is 44.0 Å². The number of nitrogens with one attached hydrogen (secondary N) is 2. The number of aromatic amines is 1. The van der Waals surface area contributed by atoms with Crippen molar-refractivity contribution in [2.24, 2.45) is 7.05 Å². The number of hydrogen-bond donors (Lipinski definition) is 2. The Kier molecular flexibility index (Phi) is 4.66. The van der Waals surface area contributed by atoms with E-state index in [1.54, 1.807) is 4.57 Å². The van der Waals surface area contributed by atoms with Crippen LogP contribution < -0.4 is 11.0 Å². The van der Waals surface area contributed by atoms with Gasteiger partial charge in [0.25, 0.3) is 0 Å². The first-order chi connectivity index (χ1) is 9.58. The van der Waals surface area contributed by atoms with E-state index in [-0.39, 0.29) is 5.69 Å². The van der Waals surface area contributed by atoms with E-state index < -0.39 is 0 Å². The third-order valence-electron chi connectivity index (χ3n) is 3.07. The summed E-state index contributed by atoms with van der Waals surface area (Å²) in [6.07, 6.45) is 0. The monoisotopic (exact) mass is 296 g/mol. The number of nitrogens with zero attached hydrogens (tertiary/aromatic N) is 4. The van der Waals surface area contributed by atoms with Gasteiger partial charge in [-0.05, 0) is 32.2 Å². The first kappa shape index (κ1) is 14.9. The topological polar surface area (TPSA) is 80.5 Å². The van der Waals surface area contributed by atoms with Crippen LogP contribution in [0.1, 0.15) is 25.1 Å². The zero-order chi connectivity index (χ0) is 14.7. The van der Waals surface area contributed by atoms with E-state index in [9.17, 15) is 4.79 Å². The van der Waals surface area contributed by atoms with Crippen LogP contribution in [0.4, 0.5) is 0 Å². The van der Waals surface area contributed by atoms with Crippen molar-refractivity contribution in [1.29, 1.82) is 0 Å². The van der Waals surface area contributed by atoms with E-state index in [2.05, 4.69) is 27.5 Å². The van der Waals surface area contributed by atoms with Gasteiger partial charge < -0.3 is 5.32 Å². The predicted molar refractivity (Wildman–Crippen MR) is 78.0 cm³/mol. The molecule has 0 saturated carbocycles. The lowest BCUT2D eigenvalue weighted by Crippen LogP contribution is -2.16. The maximum atomic E-state index is 11.6. The Bertz CT molecular complexity index is 641. The van der Waals surface area contributed by atoms with Crippen molar-refractivity contribution < 1.29 is 0 Å². The van der Waals surface area contributed by atoms with Gasteiger partial charge in [-0.15, -0.1) is 5.10 Å². The van der Waals surface area contributed by atoms with Crippen LogP contribution in [0.2, 0.25) is 0 Å². The average Bonchev–Trinajstić information content (AvgIpc) is 2.89. The molecule has 2 aromatic rings. The molecule has 8 heteroatoms. The standard InChI is InChI=1S/C12H20N6OS/c1-5-13-7-9-8(3)16-17(4)10(9)20-12-15-14-11(19)18(12)6-2/h13H,5-7H2,1-4H3,(H,14,19). The molecule has 0 atom stereocenters. The molecule has 0 aliphatic rings. The molecule has 2 N–H and O–H groups in total. The van der Waals surface area contributed by atoms with Gasteiger partial charge in [0, 0.05) is 25.7 Å². The molecule has 0 amide bonds. The minimum absolute atomic E-state index is 0.179. The summed E-state index contributed by atoms with van der Waals surface area (Å²) in [5, 5.41) is 16.0. The van der Waals surface area contributed by atoms with Crippen molar-refractivity contribution in [2.75, 3.05) is 6.54 Å². The fraction of sp³-hybridized carbons (Fsp3) is 0.583. The van der Waals surface area contributed by atoms with Gasteiger partial charge in [0.05, 0.1) is 5.69 Å². The molecular weight excluding hydrogens is 276 g/mol. The molecule has 0 aromatic carbocycles. The van der Waals surface area contributed by atoms with Gasteiger partial charge in [0.1, 0.15) is 5.03 Å². The molecule has 2 aromatic heterocycles. The number of aromatic nitrogens is 5. The van der Waals surface area contributed by atoms with Crippen molar-refractivity contribution in [1.82, 2.24) is 29.9 Å². The Morgan fingerprint density at radius 1 is 1.40 bits per heavy atom. The Morgan fingerprint density at radius 3 is 2.80 bits per heavy atom. The zero-order valence-electron chi connectivity index (χ0n) is 12.2. The Morgan fingerprint density at radius 2 is 2.15 bits per heavy atom. The summed E-state index contributed by atoms with van der Waals surface area (Å²) in [6, 6.07) is 0. The SMILES string of the molecule is CCNCc1c(C)nn(C)c1Sc1n[nH]c(=O)n1CC. The highest BCUT2D eigenvalue weighted by Crippen LogP contribution is 2.29. The third kappa shape index (κ3) is 2.80. The molecular formula is C12H20N6OS. The minimum atomic E-state index is -0.179. The molecule has 0 saturated heterocycles. The molecule has 0 aliphatic carbocycles. The number of rotatable bonds is 6. The van der Waals surface area contributed by atoms with Crippen molar-refractivity contribution in [3.05, 3.63) is 21.7 Å². The van der Waals surface area contributed by atoms with E-state index >= 15 is 0 Å². The molecule has 110 valence electrons. The largest absolute Gasteiger partial charge is 0.343 e. The summed E-state index contributed by atoms with van der Waals surface area (Å²) >= 11 is 1.47. The van der Waals surface area contributed by atoms with Gasteiger partial charge in [-0.1, -0.05) is 6.92 Å². The predicted octanol–water partition coefficient (Wildman–Crippen LogP) is 0.894. The van der Waals surface area contributed by atoms with Crippen molar-refractivity contribution >= 4 is 11.8 Å². The van der Waals surface area contributed by atoms with Gasteiger partial charge in [0.15, 0.2) is 5.16 Å². The highest BCUT2D eigenvalue weighted by atomic mass is 32.2. The van der Waals surface area contributed by atoms with Crippen LogP contribution >= 0.6 is 11.8 Å². The summed E-state index contributed by atoms with van der Waals surface area (Å²) in [5.74, 6) is 0. The third-order valence-corrected chi connectivity index (χ3v) is 4.27. The number of hydrogen-bond acceptors (Lipinski definition) is 5. The molecule has 2 heterocycles. The molecule has 0 bridgehead atoms. The molecule has 2 rings (SSSR count). The lowest BCUT2D eigenvalue weighted by atomic mass is 10.2. The van der Waals surface area contributed by atoms with Crippen LogP contribution in [-0.4, -0.2) is 31.1 Å². The van der Waals surface area contributed by atoms with Crippen LogP contribution in [0, 0.1) is 6.92 Å². The first-order valence-corrected chi connectivity index (χ1v) is 7.46. The van der Waals surface area contributed by atoms with Crippen LogP contribution in [0.15, 0.2) is 15.0 Å². The molecule has 0 spiro atoms. The highest BCUT2D eigenvalue weighted by molar-refractivity contribution is 7.99. The van der Waals surface area contributed by atoms with Crippen molar-refractivity contribution in [3.8, 4) is 0 Å². The smallest absolute Gasteiger partial charge is 0.313 e. The molecule has 0 fully saturated rings. The summed E-state index contributed by atoms with van der Waals surface area (Å²) in [4.78, 5) is 11.6. The Hall–Kier alpha value is -1.54. The van der Waals surface area contributed by atoms with Gasteiger partial charge >= 0.3 is 5.69 Å². The lowest BCUT2D eigenvalue weighted by Gasteiger charge is -2.06. The van der Waals surface area contributed by atoms with E-state index in [0.29, 0.717) is 11.7 Å². The summed E-state index contributed by atoms with van der Waals surface area (Å²) in [5.41, 5.74) is 1.97. The average molecular weight is 296 g/mol. The molecule has 20 heavy (non-hydrogen) atoms. The fourth-order valence-corrected chi connectivity index (χ4v) is 3.11. The summed E-state index contributed by atoms with van der Waals surface area (Å²) in [6.45, 7) is 8.25. The summed E-state index contributed by atoms with van der Waals surface area (Å²) in [7, 11) is 1.91. The van der Waals surface area contributed by atoms with Crippen LogP contribution in [0.3, 0.4) is 0 Å². The lowest BCUT2D eigenvalue weighted by molar-refractivity contribution is 0.648. The Labute approximate surface area is 121 Å². The van der Waals surface area contributed by atoms with Gasteiger partial charge in [0.2, 0.25) is 0 Å². The molecule has 0 aliphatic heterocycles. The van der Waals surface area contributed by atoms with E-state index in [1.165, 1.54) is 11.8 Å². The zero-order valence-corrected chi connectivity index (χ0v) is 13.0. The second-order valence-corrected chi connectivity index (χ2v) is 5.39. The molecule has 0 unspecified atom stereocenters. The quantitative estimate of drug-likeness (QED) is 0.827. The van der Waals surface area contributed by atoms with Gasteiger partial charge in [-0.3, -0.25) is 9.25 Å². The van der Waals surface area contributed by atoms with Crippen LogP contribution in [-0.2, 0) is 20.1 Å². The molecule has 7 nitrogen and oxygen atoms in total. The fourth-order valence-electron chi connectivity index (χ4n) is 2.01. The summed E-state index contributed by atoms with van der Waals surface area (Å²) < 4.78 is 3.45. The van der Waals surface area contributed by atoms with E-state index in [1.807, 2.05) is 25.6 Å². The highest BCUT2D eigenvalue weighted by Gasteiger charge is 2.17. The normalized spacial score (nSPS) is 11.2. The van der Waals surface area contributed by atoms with Crippen LogP contribution in [0.25, 0.3) is 0 Å². The van der Waals surface area contributed by atoms with E-state index in [4.69, 9.17) is 0 Å². The maximum Gasteiger partial charge on any atom is 0.343 e. The second-order valence-electron chi connectivity index (χ2n) is 4.43. The molecule has 0 radical (unpaired) electrons. The van der Waals surface area contributed by atoms with E-state index in [0.717, 1.165) is 29.4 Å². The second kappa shape index (κ2) is 6.27. The van der Waals surface area contributed by atoms with Crippen molar-refractivity contribution in [3.63, 3.8) is 0 Å². The Balaban J connectivity index is 2.35. The number of aryl methyl sites for hydroxylation is 2. The minimum Gasteiger partial charge on any atom is -0.313 e. The van der Waals surface area contributed by atoms with Gasteiger partial charge in [-0.2, -0.15) is 5.10 Å². The maximum absolute atomic E-state index is 11.6. The van der Waals surface area contributed by atoms with Crippen LogP contribution in [0.5, 0.6) is 0 Å². The number of H-pyrrole nitrogens is 1. The van der Waals surface area contributed by atoms with Gasteiger partial charge in [-0.25, -0.2) is 9.89 Å².